The van der Waals surface area contributed by atoms with Crippen molar-refractivity contribution in [1.29, 1.82) is 0 Å². The van der Waals surface area contributed by atoms with Gasteiger partial charge in [0.25, 0.3) is 5.91 Å². The Bertz CT molecular complexity index is 1130. The molecule has 0 aliphatic carbocycles. The van der Waals surface area contributed by atoms with Gasteiger partial charge in [-0.25, -0.2) is 4.98 Å². The van der Waals surface area contributed by atoms with Crippen LogP contribution in [0.4, 0.5) is 5.69 Å². The van der Waals surface area contributed by atoms with Crippen molar-refractivity contribution >= 4 is 34.8 Å². The van der Waals surface area contributed by atoms with Crippen molar-refractivity contribution in [1.82, 2.24) is 4.98 Å². The number of carbonyl (C=O) groups excluding carboxylic acids is 1. The molecule has 3 nitrogen and oxygen atoms in total. The monoisotopic (exact) mass is 446 g/mol. The number of carbonyl (C=O) groups is 1. The summed E-state index contributed by atoms with van der Waals surface area (Å²) in [6.45, 7) is 0. The minimum Gasteiger partial charge on any atom is -0.300 e. The Kier molecular flexibility index (Phi) is 6.66. The minimum atomic E-state index is -0.229. The van der Waals surface area contributed by atoms with Gasteiger partial charge in [-0.05, 0) is 53.9 Å². The van der Waals surface area contributed by atoms with E-state index < -0.39 is 0 Å². The highest BCUT2D eigenvalue weighted by molar-refractivity contribution is 6.30. The predicted octanol–water partition coefficient (Wildman–Crippen LogP) is 7.02. The van der Waals surface area contributed by atoms with Crippen molar-refractivity contribution in [3.05, 3.63) is 130 Å². The van der Waals surface area contributed by atoms with Crippen LogP contribution in [0.25, 0.3) is 0 Å². The van der Waals surface area contributed by atoms with Gasteiger partial charge in [-0.3, -0.25) is 4.79 Å². The molecule has 0 N–H and O–H groups in total. The highest BCUT2D eigenvalue weighted by atomic mass is 35.5. The van der Waals surface area contributed by atoms with Crippen LogP contribution in [-0.2, 0) is 6.42 Å². The van der Waals surface area contributed by atoms with Crippen molar-refractivity contribution in [2.45, 2.75) is 12.5 Å². The van der Waals surface area contributed by atoms with Crippen LogP contribution < -0.4 is 4.90 Å². The molecule has 154 valence electrons. The standard InChI is InChI=1S/C26H20Cl2N2O/c27-22-14-11-19(12-15-22)17-24(20-7-3-1-4-8-20)30(23-9-5-2-6-10-23)26(31)21-13-16-25(28)29-18-21/h1-16,18,24H,17H2. The van der Waals surface area contributed by atoms with Crippen LogP contribution >= 0.6 is 23.2 Å². The molecule has 5 heteroatoms. The number of halogens is 2. The molecule has 0 radical (unpaired) electrons. The van der Waals surface area contributed by atoms with Gasteiger partial charge in [-0.2, -0.15) is 0 Å². The van der Waals surface area contributed by atoms with Crippen LogP contribution in [0.3, 0.4) is 0 Å². The van der Waals surface area contributed by atoms with E-state index in [-0.39, 0.29) is 11.9 Å². The summed E-state index contributed by atoms with van der Waals surface area (Å²) in [4.78, 5) is 19.7. The molecule has 1 aromatic heterocycles. The molecule has 0 bridgehead atoms. The maximum Gasteiger partial charge on any atom is 0.260 e. The number of nitrogens with zero attached hydrogens (tertiary/aromatic N) is 2. The molecule has 1 unspecified atom stereocenters. The molecule has 0 aliphatic rings. The van der Waals surface area contributed by atoms with Crippen LogP contribution in [0.5, 0.6) is 0 Å². The number of pyridine rings is 1. The lowest BCUT2D eigenvalue weighted by Crippen LogP contribution is -2.36. The number of rotatable bonds is 6. The van der Waals surface area contributed by atoms with Crippen LogP contribution in [0.15, 0.2) is 103 Å². The van der Waals surface area contributed by atoms with Gasteiger partial charge < -0.3 is 4.90 Å². The van der Waals surface area contributed by atoms with Gasteiger partial charge in [0.15, 0.2) is 0 Å². The van der Waals surface area contributed by atoms with E-state index in [4.69, 9.17) is 23.2 Å². The second-order valence-electron chi connectivity index (χ2n) is 7.14. The van der Waals surface area contributed by atoms with Crippen LogP contribution in [0, 0.1) is 0 Å². The Labute approximate surface area is 191 Å². The quantitative estimate of drug-likeness (QED) is 0.298. The lowest BCUT2D eigenvalue weighted by molar-refractivity contribution is 0.0975. The van der Waals surface area contributed by atoms with Gasteiger partial charge in [-0.1, -0.05) is 83.9 Å². The lowest BCUT2D eigenvalue weighted by Gasteiger charge is -2.33. The summed E-state index contributed by atoms with van der Waals surface area (Å²) in [5, 5.41) is 1.03. The second-order valence-corrected chi connectivity index (χ2v) is 7.96. The van der Waals surface area contributed by atoms with Crippen LogP contribution in [0.1, 0.15) is 27.5 Å². The van der Waals surface area contributed by atoms with E-state index in [2.05, 4.69) is 4.98 Å². The first-order chi connectivity index (χ1) is 15.1. The number of aromatic nitrogens is 1. The number of amides is 1. The third-order valence-corrected chi connectivity index (χ3v) is 5.54. The van der Waals surface area contributed by atoms with E-state index in [0.717, 1.165) is 16.8 Å². The van der Waals surface area contributed by atoms with E-state index in [0.29, 0.717) is 22.2 Å². The maximum absolute atomic E-state index is 13.7. The molecule has 0 aliphatic heterocycles. The van der Waals surface area contributed by atoms with Gasteiger partial charge in [0, 0.05) is 16.9 Å². The molecule has 1 heterocycles. The van der Waals surface area contributed by atoms with Gasteiger partial charge in [-0.15, -0.1) is 0 Å². The van der Waals surface area contributed by atoms with Crippen molar-refractivity contribution in [2.24, 2.45) is 0 Å². The highest BCUT2D eigenvalue weighted by Crippen LogP contribution is 2.32. The predicted molar refractivity (Wildman–Crippen MR) is 127 cm³/mol. The summed E-state index contributed by atoms with van der Waals surface area (Å²) in [5.74, 6) is -0.141. The molecular weight excluding hydrogens is 427 g/mol. The Morgan fingerprint density at radius 3 is 2.06 bits per heavy atom. The van der Waals surface area contributed by atoms with E-state index in [9.17, 15) is 4.79 Å². The summed E-state index contributed by atoms with van der Waals surface area (Å²) in [5.41, 5.74) is 3.41. The van der Waals surface area contributed by atoms with E-state index in [1.807, 2.05) is 89.8 Å². The Morgan fingerprint density at radius 1 is 0.806 bits per heavy atom. The minimum absolute atomic E-state index is 0.141. The van der Waals surface area contributed by atoms with E-state index >= 15 is 0 Å². The third kappa shape index (κ3) is 5.13. The van der Waals surface area contributed by atoms with Crippen molar-refractivity contribution in [3.8, 4) is 0 Å². The van der Waals surface area contributed by atoms with Crippen LogP contribution in [0.2, 0.25) is 10.2 Å². The first-order valence-electron chi connectivity index (χ1n) is 9.91. The first kappa shape index (κ1) is 21.1. The molecule has 4 aromatic rings. The first-order valence-corrected chi connectivity index (χ1v) is 10.7. The lowest BCUT2D eigenvalue weighted by atomic mass is 9.96. The van der Waals surface area contributed by atoms with Gasteiger partial charge in [0.2, 0.25) is 0 Å². The van der Waals surface area contributed by atoms with Gasteiger partial charge in [0.05, 0.1) is 11.6 Å². The molecule has 31 heavy (non-hydrogen) atoms. The van der Waals surface area contributed by atoms with E-state index in [1.165, 1.54) is 6.20 Å². The zero-order chi connectivity index (χ0) is 21.6. The number of hydrogen-bond donors (Lipinski definition) is 0. The maximum atomic E-state index is 13.7. The molecule has 0 fully saturated rings. The smallest absolute Gasteiger partial charge is 0.260 e. The Morgan fingerprint density at radius 2 is 1.45 bits per heavy atom. The number of anilines is 1. The van der Waals surface area contributed by atoms with E-state index in [1.54, 1.807) is 12.1 Å². The molecule has 1 atom stereocenters. The Hall–Kier alpha value is -3.14. The van der Waals surface area contributed by atoms with Crippen molar-refractivity contribution in [3.63, 3.8) is 0 Å². The van der Waals surface area contributed by atoms with Crippen LogP contribution in [-0.4, -0.2) is 10.9 Å². The zero-order valence-corrected chi connectivity index (χ0v) is 18.2. The fraction of sp³-hybridized carbons (Fsp3) is 0.0769. The normalized spacial score (nSPS) is 11.7. The average Bonchev–Trinajstić information content (AvgIpc) is 2.81. The van der Waals surface area contributed by atoms with Gasteiger partial charge >= 0.3 is 0 Å². The second kappa shape index (κ2) is 9.78. The molecule has 0 spiro atoms. The molecular formula is C26H20Cl2N2O. The Balaban J connectivity index is 1.82. The van der Waals surface area contributed by atoms with Crippen molar-refractivity contribution < 1.29 is 4.79 Å². The van der Waals surface area contributed by atoms with Gasteiger partial charge in [0.1, 0.15) is 5.15 Å². The third-order valence-electron chi connectivity index (χ3n) is 5.07. The summed E-state index contributed by atoms with van der Waals surface area (Å²) in [6, 6.07) is 30.6. The summed E-state index contributed by atoms with van der Waals surface area (Å²) >= 11 is 12.0. The zero-order valence-electron chi connectivity index (χ0n) is 16.7. The number of para-hydroxylation sites is 1. The highest BCUT2D eigenvalue weighted by Gasteiger charge is 2.28. The summed E-state index contributed by atoms with van der Waals surface area (Å²) < 4.78 is 0. The topological polar surface area (TPSA) is 33.2 Å². The number of benzene rings is 3. The molecule has 0 saturated heterocycles. The summed E-state index contributed by atoms with van der Waals surface area (Å²) in [7, 11) is 0. The average molecular weight is 447 g/mol. The molecule has 0 saturated carbocycles. The largest absolute Gasteiger partial charge is 0.300 e. The molecule has 3 aromatic carbocycles. The fourth-order valence-electron chi connectivity index (χ4n) is 3.55. The SMILES string of the molecule is O=C(c1ccc(Cl)nc1)N(c1ccccc1)C(Cc1ccc(Cl)cc1)c1ccccc1. The molecule has 1 amide bonds. The molecule has 4 rings (SSSR count). The number of hydrogen-bond acceptors (Lipinski definition) is 2. The fourth-order valence-corrected chi connectivity index (χ4v) is 3.78. The van der Waals surface area contributed by atoms with Crippen molar-refractivity contribution in [2.75, 3.05) is 4.90 Å². The summed E-state index contributed by atoms with van der Waals surface area (Å²) in [6.07, 6.45) is 2.15.